The topological polar surface area (TPSA) is 132 Å². The van der Waals surface area contributed by atoms with Crippen LogP contribution in [0.25, 0.3) is 0 Å². The molecule has 2 rings (SSSR count). The average Bonchev–Trinajstić information content (AvgIpc) is 3.29. The minimum atomic E-state index is -4.55. The Labute approximate surface area is 199 Å². The molecule has 4 N–H and O–H groups in total. The lowest BCUT2D eigenvalue weighted by atomic mass is 9.79. The van der Waals surface area contributed by atoms with Crippen molar-refractivity contribution in [3.63, 3.8) is 0 Å². The van der Waals surface area contributed by atoms with Crippen molar-refractivity contribution in [3.8, 4) is 0 Å². The quantitative estimate of drug-likeness (QED) is 0.195. The highest BCUT2D eigenvalue weighted by Crippen LogP contribution is 2.34. The maximum atomic E-state index is 13.3. The first-order valence-corrected chi connectivity index (χ1v) is 12.1. The van der Waals surface area contributed by atoms with Crippen molar-refractivity contribution in [1.29, 1.82) is 0 Å². The van der Waals surface area contributed by atoms with Gasteiger partial charge in [0.15, 0.2) is 5.13 Å². The molecular formula is C21H31F3N4O5S. The SMILES string of the molecule is C[C@@H](O)[C@H](NC(=O)[C@H](CC1CCCCC1)[C@H](CCC(F)(F)F)N(O)C=O)C(=O)Nc1nccs1. The van der Waals surface area contributed by atoms with Gasteiger partial charge in [-0.05, 0) is 25.7 Å². The molecule has 1 saturated carbocycles. The first kappa shape index (κ1) is 28.0. The molecular weight excluding hydrogens is 477 g/mol. The molecule has 13 heteroatoms. The van der Waals surface area contributed by atoms with Crippen molar-refractivity contribution < 1.29 is 37.9 Å². The predicted octanol–water partition coefficient (Wildman–Crippen LogP) is 3.09. The van der Waals surface area contributed by atoms with Gasteiger partial charge >= 0.3 is 6.18 Å². The van der Waals surface area contributed by atoms with Gasteiger partial charge in [0.25, 0.3) is 5.91 Å². The van der Waals surface area contributed by atoms with E-state index in [2.05, 4.69) is 15.6 Å². The smallest absolute Gasteiger partial charge is 0.389 e. The van der Waals surface area contributed by atoms with Crippen molar-refractivity contribution in [2.45, 2.75) is 82.7 Å². The third-order valence-electron chi connectivity index (χ3n) is 6.01. The van der Waals surface area contributed by atoms with E-state index in [0.29, 0.717) is 0 Å². The summed E-state index contributed by atoms with van der Waals surface area (Å²) in [6, 6.07) is -2.87. The van der Waals surface area contributed by atoms with Crippen molar-refractivity contribution in [2.24, 2.45) is 11.8 Å². The van der Waals surface area contributed by atoms with Crippen molar-refractivity contribution in [1.82, 2.24) is 15.4 Å². The molecule has 4 atom stereocenters. The molecule has 0 radical (unpaired) electrons. The number of aliphatic hydroxyl groups excluding tert-OH is 1. The second-order valence-electron chi connectivity index (χ2n) is 8.61. The van der Waals surface area contributed by atoms with E-state index in [0.717, 1.165) is 43.4 Å². The van der Waals surface area contributed by atoms with Crippen LogP contribution >= 0.6 is 11.3 Å². The second kappa shape index (κ2) is 13.0. The number of nitrogens with one attached hydrogen (secondary N) is 2. The van der Waals surface area contributed by atoms with Gasteiger partial charge < -0.3 is 15.7 Å². The van der Waals surface area contributed by atoms with Crippen LogP contribution < -0.4 is 10.6 Å². The highest BCUT2D eigenvalue weighted by molar-refractivity contribution is 7.13. The van der Waals surface area contributed by atoms with Crippen LogP contribution in [0.2, 0.25) is 0 Å². The summed E-state index contributed by atoms with van der Waals surface area (Å²) in [6.45, 7) is 1.29. The summed E-state index contributed by atoms with van der Waals surface area (Å²) < 4.78 is 38.8. The average molecular weight is 509 g/mol. The lowest BCUT2D eigenvalue weighted by Gasteiger charge is -2.34. The zero-order valence-corrected chi connectivity index (χ0v) is 19.6. The number of amides is 3. The van der Waals surface area contributed by atoms with Crippen LogP contribution in [0.3, 0.4) is 0 Å². The molecule has 0 spiro atoms. The normalized spacial score (nSPS) is 18.4. The van der Waals surface area contributed by atoms with E-state index in [9.17, 15) is 37.9 Å². The summed E-state index contributed by atoms with van der Waals surface area (Å²) in [5.74, 6) is -2.77. The molecule has 3 amide bonds. The minimum Gasteiger partial charge on any atom is -0.391 e. The number of rotatable bonds is 12. The Balaban J connectivity index is 2.25. The predicted molar refractivity (Wildman–Crippen MR) is 118 cm³/mol. The fraction of sp³-hybridized carbons (Fsp3) is 0.714. The van der Waals surface area contributed by atoms with Crippen LogP contribution in [0.1, 0.15) is 58.3 Å². The highest BCUT2D eigenvalue weighted by Gasteiger charge is 2.39. The Hall–Kier alpha value is -2.25. The van der Waals surface area contributed by atoms with E-state index < -0.39 is 54.9 Å². The zero-order valence-electron chi connectivity index (χ0n) is 18.8. The van der Waals surface area contributed by atoms with Crippen LogP contribution in [0.4, 0.5) is 18.3 Å². The highest BCUT2D eigenvalue weighted by atomic mass is 32.1. The Morgan fingerprint density at radius 2 is 1.97 bits per heavy atom. The number of hydroxylamine groups is 2. The van der Waals surface area contributed by atoms with Gasteiger partial charge in [-0.1, -0.05) is 32.1 Å². The van der Waals surface area contributed by atoms with Crippen molar-refractivity contribution in [3.05, 3.63) is 11.6 Å². The number of halogens is 3. The van der Waals surface area contributed by atoms with Crippen molar-refractivity contribution in [2.75, 3.05) is 5.32 Å². The van der Waals surface area contributed by atoms with Gasteiger partial charge in [0, 0.05) is 18.0 Å². The van der Waals surface area contributed by atoms with Gasteiger partial charge in [0.2, 0.25) is 12.3 Å². The molecule has 192 valence electrons. The second-order valence-corrected chi connectivity index (χ2v) is 9.50. The summed E-state index contributed by atoms with van der Waals surface area (Å²) in [4.78, 5) is 41.1. The zero-order chi connectivity index (χ0) is 25.3. The Morgan fingerprint density at radius 3 is 2.50 bits per heavy atom. The molecule has 1 fully saturated rings. The van der Waals surface area contributed by atoms with Crippen LogP contribution in [-0.4, -0.2) is 62.9 Å². The third kappa shape index (κ3) is 8.84. The van der Waals surface area contributed by atoms with E-state index >= 15 is 0 Å². The fourth-order valence-electron chi connectivity index (χ4n) is 4.26. The largest absolute Gasteiger partial charge is 0.391 e. The van der Waals surface area contributed by atoms with Gasteiger partial charge in [-0.2, -0.15) is 13.2 Å². The first-order chi connectivity index (χ1) is 16.0. The molecule has 34 heavy (non-hydrogen) atoms. The molecule has 1 aliphatic rings. The summed E-state index contributed by atoms with van der Waals surface area (Å²) >= 11 is 1.13. The molecule has 0 saturated heterocycles. The molecule has 1 heterocycles. The fourth-order valence-corrected chi connectivity index (χ4v) is 4.79. The Morgan fingerprint density at radius 1 is 1.29 bits per heavy atom. The van der Waals surface area contributed by atoms with E-state index in [1.165, 1.54) is 13.1 Å². The molecule has 1 aliphatic carbocycles. The number of carbonyl (C=O) groups is 3. The van der Waals surface area contributed by atoms with Crippen molar-refractivity contribution >= 4 is 34.7 Å². The summed E-state index contributed by atoms with van der Waals surface area (Å²) in [5.41, 5.74) is 0. The standard InChI is InChI=1S/C21H31F3N4O5S/c1-13(30)17(19(32)27-20-25-9-10-34-20)26-18(31)15(11-14-5-3-2-4-6-14)16(28(33)12-29)7-8-21(22,23)24/h9-10,12-17,30,33H,2-8,11H2,1H3,(H,26,31)(H,25,27,32)/t13-,15-,16+,17+/m1/s1. The number of hydrogen-bond donors (Lipinski definition) is 4. The lowest BCUT2D eigenvalue weighted by Crippen LogP contribution is -2.55. The van der Waals surface area contributed by atoms with E-state index in [1.54, 1.807) is 5.38 Å². The first-order valence-electron chi connectivity index (χ1n) is 11.2. The minimum absolute atomic E-state index is 0.0204. The number of aliphatic hydroxyl groups is 1. The van der Waals surface area contributed by atoms with Gasteiger partial charge in [-0.3, -0.25) is 19.6 Å². The monoisotopic (exact) mass is 508 g/mol. The van der Waals surface area contributed by atoms with Gasteiger partial charge in [-0.15, -0.1) is 11.3 Å². The molecule has 9 nitrogen and oxygen atoms in total. The Kier molecular flexibility index (Phi) is 10.7. The van der Waals surface area contributed by atoms with E-state index in [1.807, 2.05) is 0 Å². The molecule has 0 unspecified atom stereocenters. The van der Waals surface area contributed by atoms with Crippen LogP contribution in [0.15, 0.2) is 11.6 Å². The number of thiazole rings is 1. The summed E-state index contributed by atoms with van der Waals surface area (Å²) in [7, 11) is 0. The number of anilines is 1. The van der Waals surface area contributed by atoms with Crippen LogP contribution in [0, 0.1) is 11.8 Å². The molecule has 0 aliphatic heterocycles. The van der Waals surface area contributed by atoms with Gasteiger partial charge in [0.05, 0.1) is 18.1 Å². The molecule has 1 aromatic heterocycles. The number of alkyl halides is 3. The number of nitrogens with zero attached hydrogens (tertiary/aromatic N) is 2. The lowest BCUT2D eigenvalue weighted by molar-refractivity contribution is -0.178. The maximum Gasteiger partial charge on any atom is 0.389 e. The maximum absolute atomic E-state index is 13.3. The summed E-state index contributed by atoms with van der Waals surface area (Å²) in [5, 5.41) is 27.0. The van der Waals surface area contributed by atoms with E-state index in [-0.39, 0.29) is 28.9 Å². The molecule has 0 aromatic carbocycles. The van der Waals surface area contributed by atoms with Gasteiger partial charge in [0.1, 0.15) is 6.04 Å². The van der Waals surface area contributed by atoms with E-state index in [4.69, 9.17) is 0 Å². The molecule has 1 aromatic rings. The molecule has 0 bridgehead atoms. The van der Waals surface area contributed by atoms with Crippen LogP contribution in [-0.2, 0) is 14.4 Å². The number of aromatic nitrogens is 1. The number of hydrogen-bond acceptors (Lipinski definition) is 7. The van der Waals surface area contributed by atoms with Gasteiger partial charge in [-0.25, -0.2) is 10.0 Å². The Bertz CT molecular complexity index is 788. The van der Waals surface area contributed by atoms with Crippen LogP contribution in [0.5, 0.6) is 0 Å². The number of carbonyl (C=O) groups excluding carboxylic acids is 3. The third-order valence-corrected chi connectivity index (χ3v) is 6.70. The summed E-state index contributed by atoms with van der Waals surface area (Å²) in [6.07, 6.45) is -1.92.